The Hall–Kier alpha value is -2.77. The minimum atomic E-state index is -3.95. The summed E-state index contributed by atoms with van der Waals surface area (Å²) in [5.74, 6) is 0.128. The summed E-state index contributed by atoms with van der Waals surface area (Å²) in [6, 6.07) is 17.7. The number of anilines is 1. The van der Waals surface area contributed by atoms with E-state index in [0.717, 1.165) is 4.31 Å². The molecule has 0 unspecified atom stereocenters. The quantitative estimate of drug-likeness (QED) is 0.654. The van der Waals surface area contributed by atoms with Crippen molar-refractivity contribution in [1.29, 1.82) is 0 Å². The molecule has 27 heavy (non-hydrogen) atoms. The maximum Gasteiger partial charge on any atom is 0.264 e. The number of para-hydroxylation sites is 1. The van der Waals surface area contributed by atoms with Gasteiger partial charge in [0.2, 0.25) is 5.91 Å². The third kappa shape index (κ3) is 4.69. The molecular formula is C19H17ClN2O4S. The monoisotopic (exact) mass is 404 g/mol. The van der Waals surface area contributed by atoms with Crippen LogP contribution in [0.3, 0.4) is 0 Å². The maximum atomic E-state index is 13.1. The third-order valence-corrected chi connectivity index (χ3v) is 5.81. The second kappa shape index (κ2) is 8.28. The van der Waals surface area contributed by atoms with Crippen LogP contribution in [0.5, 0.6) is 0 Å². The number of amides is 1. The molecule has 6 nitrogen and oxygen atoms in total. The van der Waals surface area contributed by atoms with Crippen molar-refractivity contribution in [3.05, 3.63) is 83.8 Å². The van der Waals surface area contributed by atoms with E-state index < -0.39 is 15.9 Å². The topological polar surface area (TPSA) is 79.6 Å². The SMILES string of the molecule is O=C(CN(c1ccccc1)S(=O)(=O)c1ccc(Cl)cc1)NCc1ccco1. The number of rotatable bonds is 7. The first-order chi connectivity index (χ1) is 13.0. The van der Waals surface area contributed by atoms with E-state index in [4.69, 9.17) is 16.0 Å². The first-order valence-electron chi connectivity index (χ1n) is 8.09. The average molecular weight is 405 g/mol. The van der Waals surface area contributed by atoms with E-state index in [1.165, 1.54) is 30.5 Å². The van der Waals surface area contributed by atoms with Crippen LogP contribution < -0.4 is 9.62 Å². The minimum absolute atomic E-state index is 0.0505. The van der Waals surface area contributed by atoms with Crippen molar-refractivity contribution in [2.75, 3.05) is 10.8 Å². The van der Waals surface area contributed by atoms with E-state index in [9.17, 15) is 13.2 Å². The van der Waals surface area contributed by atoms with Crippen molar-refractivity contribution in [2.45, 2.75) is 11.4 Å². The van der Waals surface area contributed by atoms with Gasteiger partial charge < -0.3 is 9.73 Å². The van der Waals surface area contributed by atoms with E-state index in [0.29, 0.717) is 16.5 Å². The number of furan rings is 1. The highest BCUT2D eigenvalue weighted by atomic mass is 35.5. The smallest absolute Gasteiger partial charge is 0.264 e. The van der Waals surface area contributed by atoms with E-state index in [1.54, 1.807) is 42.5 Å². The Balaban J connectivity index is 1.85. The lowest BCUT2D eigenvalue weighted by Crippen LogP contribution is -2.40. The van der Waals surface area contributed by atoms with Gasteiger partial charge in [0.1, 0.15) is 12.3 Å². The molecule has 0 spiro atoms. The van der Waals surface area contributed by atoms with Gasteiger partial charge in [0.05, 0.1) is 23.4 Å². The summed E-state index contributed by atoms with van der Waals surface area (Å²) in [6.07, 6.45) is 1.50. The fraction of sp³-hybridized carbons (Fsp3) is 0.105. The van der Waals surface area contributed by atoms with Gasteiger partial charge in [-0.15, -0.1) is 0 Å². The van der Waals surface area contributed by atoms with Crippen LogP contribution in [0.2, 0.25) is 5.02 Å². The molecule has 1 amide bonds. The van der Waals surface area contributed by atoms with Crippen LogP contribution in [0.4, 0.5) is 5.69 Å². The second-order valence-electron chi connectivity index (χ2n) is 5.66. The average Bonchev–Trinajstić information content (AvgIpc) is 3.19. The highest BCUT2D eigenvalue weighted by Gasteiger charge is 2.27. The zero-order valence-electron chi connectivity index (χ0n) is 14.2. The molecule has 3 rings (SSSR count). The number of sulfonamides is 1. The van der Waals surface area contributed by atoms with Gasteiger partial charge in [-0.1, -0.05) is 29.8 Å². The first kappa shape index (κ1) is 19.0. The number of nitrogens with zero attached hydrogens (tertiary/aromatic N) is 1. The lowest BCUT2D eigenvalue weighted by atomic mass is 10.3. The Kier molecular flexibility index (Phi) is 5.83. The minimum Gasteiger partial charge on any atom is -0.467 e. The summed E-state index contributed by atoms with van der Waals surface area (Å²) in [5.41, 5.74) is 0.389. The molecule has 0 aliphatic carbocycles. The molecule has 1 aromatic heterocycles. The highest BCUT2D eigenvalue weighted by molar-refractivity contribution is 7.92. The van der Waals surface area contributed by atoms with Crippen molar-refractivity contribution in [3.8, 4) is 0 Å². The molecule has 0 saturated heterocycles. The molecule has 8 heteroatoms. The first-order valence-corrected chi connectivity index (χ1v) is 9.91. The van der Waals surface area contributed by atoms with Crippen molar-refractivity contribution < 1.29 is 17.6 Å². The van der Waals surface area contributed by atoms with Crippen LogP contribution >= 0.6 is 11.6 Å². The number of benzene rings is 2. The summed E-state index contributed by atoms with van der Waals surface area (Å²) in [6.45, 7) is -0.189. The molecule has 0 fully saturated rings. The number of carbonyl (C=O) groups excluding carboxylic acids is 1. The molecule has 1 heterocycles. The zero-order valence-corrected chi connectivity index (χ0v) is 15.8. The molecular weight excluding hydrogens is 388 g/mol. The Morgan fingerprint density at radius 1 is 1.00 bits per heavy atom. The Labute approximate surface area is 162 Å². The number of carbonyl (C=O) groups is 1. The third-order valence-electron chi connectivity index (χ3n) is 3.77. The maximum absolute atomic E-state index is 13.1. The molecule has 0 bridgehead atoms. The summed E-state index contributed by atoms with van der Waals surface area (Å²) >= 11 is 5.85. The van der Waals surface area contributed by atoms with Crippen LogP contribution in [-0.2, 0) is 21.4 Å². The highest BCUT2D eigenvalue weighted by Crippen LogP contribution is 2.24. The van der Waals surface area contributed by atoms with E-state index in [-0.39, 0.29) is 18.0 Å². The van der Waals surface area contributed by atoms with Gasteiger partial charge in [-0.3, -0.25) is 9.10 Å². The van der Waals surface area contributed by atoms with Gasteiger partial charge in [-0.2, -0.15) is 0 Å². The van der Waals surface area contributed by atoms with Crippen LogP contribution in [0.25, 0.3) is 0 Å². The van der Waals surface area contributed by atoms with Gasteiger partial charge in [0.15, 0.2) is 0 Å². The molecule has 0 saturated carbocycles. The number of halogens is 1. The van der Waals surface area contributed by atoms with Gasteiger partial charge in [0, 0.05) is 5.02 Å². The predicted octanol–water partition coefficient (Wildman–Crippen LogP) is 3.44. The largest absolute Gasteiger partial charge is 0.467 e. The van der Waals surface area contributed by atoms with Crippen molar-refractivity contribution in [1.82, 2.24) is 5.32 Å². The fourth-order valence-corrected chi connectivity index (χ4v) is 3.98. The second-order valence-corrected chi connectivity index (χ2v) is 7.96. The van der Waals surface area contributed by atoms with Gasteiger partial charge in [-0.25, -0.2) is 8.42 Å². The van der Waals surface area contributed by atoms with Crippen molar-refractivity contribution >= 4 is 33.2 Å². The molecule has 0 aliphatic rings. The lowest BCUT2D eigenvalue weighted by Gasteiger charge is -2.24. The van der Waals surface area contributed by atoms with Gasteiger partial charge in [-0.05, 0) is 48.5 Å². The number of hydrogen-bond donors (Lipinski definition) is 1. The molecule has 2 aromatic carbocycles. The molecule has 140 valence electrons. The summed E-state index contributed by atoms with van der Waals surface area (Å²) in [4.78, 5) is 12.4. The van der Waals surface area contributed by atoms with Crippen molar-refractivity contribution in [2.24, 2.45) is 0 Å². The Bertz CT molecular complexity index is 988. The molecule has 0 atom stereocenters. The van der Waals surface area contributed by atoms with Crippen LogP contribution in [-0.4, -0.2) is 20.9 Å². The van der Waals surface area contributed by atoms with E-state index in [2.05, 4.69) is 5.32 Å². The predicted molar refractivity (Wildman–Crippen MR) is 103 cm³/mol. The number of hydrogen-bond acceptors (Lipinski definition) is 4. The van der Waals surface area contributed by atoms with Crippen LogP contribution in [0, 0.1) is 0 Å². The van der Waals surface area contributed by atoms with Gasteiger partial charge in [0.25, 0.3) is 10.0 Å². The lowest BCUT2D eigenvalue weighted by molar-refractivity contribution is -0.119. The summed E-state index contributed by atoms with van der Waals surface area (Å²) < 4.78 is 32.4. The molecule has 0 aliphatic heterocycles. The van der Waals surface area contributed by atoms with Gasteiger partial charge >= 0.3 is 0 Å². The van der Waals surface area contributed by atoms with Crippen LogP contribution in [0.15, 0.2) is 82.3 Å². The summed E-state index contributed by atoms with van der Waals surface area (Å²) in [7, 11) is -3.95. The standard InChI is InChI=1S/C19H17ClN2O4S/c20-15-8-10-18(11-9-15)27(24,25)22(16-5-2-1-3-6-16)14-19(23)21-13-17-7-4-12-26-17/h1-12H,13-14H2,(H,21,23). The molecule has 1 N–H and O–H groups in total. The Morgan fingerprint density at radius 3 is 2.33 bits per heavy atom. The molecule has 0 radical (unpaired) electrons. The Morgan fingerprint density at radius 2 is 1.70 bits per heavy atom. The fourth-order valence-electron chi connectivity index (χ4n) is 2.43. The van der Waals surface area contributed by atoms with E-state index >= 15 is 0 Å². The number of nitrogens with one attached hydrogen (secondary N) is 1. The molecule has 3 aromatic rings. The zero-order chi connectivity index (χ0) is 19.3. The van der Waals surface area contributed by atoms with Crippen LogP contribution in [0.1, 0.15) is 5.76 Å². The summed E-state index contributed by atoms with van der Waals surface area (Å²) in [5, 5.41) is 3.09. The van der Waals surface area contributed by atoms with Crippen molar-refractivity contribution in [3.63, 3.8) is 0 Å². The van der Waals surface area contributed by atoms with E-state index in [1.807, 2.05) is 0 Å². The normalized spacial score (nSPS) is 11.1.